The van der Waals surface area contributed by atoms with Crippen LogP contribution in [-0.4, -0.2) is 17.7 Å². The molecule has 114 valence electrons. The van der Waals surface area contributed by atoms with E-state index in [1.807, 2.05) is 36.4 Å². The summed E-state index contributed by atoms with van der Waals surface area (Å²) in [6.45, 7) is 0.244. The number of amides is 1. The van der Waals surface area contributed by atoms with E-state index in [1.165, 1.54) is 0 Å². The second-order valence-corrected chi connectivity index (χ2v) is 6.60. The van der Waals surface area contributed by atoms with Gasteiger partial charge in [-0.15, -0.1) is 0 Å². The van der Waals surface area contributed by atoms with Crippen LogP contribution in [0.5, 0.6) is 11.5 Å². The van der Waals surface area contributed by atoms with Gasteiger partial charge in [-0.1, -0.05) is 34.1 Å². The predicted octanol–water partition coefficient (Wildman–Crippen LogP) is 2.28. The Morgan fingerprint density at radius 1 is 1.32 bits per heavy atom. The second-order valence-electron chi connectivity index (χ2n) is 5.62. The number of hydrogen-bond donors (Lipinski definition) is 2. The van der Waals surface area contributed by atoms with Crippen molar-refractivity contribution in [3.63, 3.8) is 0 Å². The smallest absolute Gasteiger partial charge is 0.236 e. The molecule has 2 heterocycles. The molecule has 0 saturated heterocycles. The number of rotatable bonds is 3. The number of fused-ring (bicyclic) bond motifs is 1. The molecule has 1 fully saturated rings. The minimum absolute atomic E-state index is 0.0140. The molecule has 1 unspecified atom stereocenters. The van der Waals surface area contributed by atoms with E-state index in [1.54, 1.807) is 0 Å². The van der Waals surface area contributed by atoms with Crippen LogP contribution in [0.1, 0.15) is 18.4 Å². The molecule has 1 aliphatic carbocycles. The van der Waals surface area contributed by atoms with Gasteiger partial charge in [-0.3, -0.25) is 4.79 Å². The lowest BCUT2D eigenvalue weighted by Crippen LogP contribution is -2.40. The Hall–Kier alpha value is -1.95. The highest BCUT2D eigenvalue weighted by Crippen LogP contribution is 2.50. The molecule has 1 amide bonds. The fourth-order valence-electron chi connectivity index (χ4n) is 2.78. The SMILES string of the molecule is O=C(NC1=CC=CC(Br)N1)C1(c2ccc3c(c2)OCO3)CC1. The average Bonchev–Trinajstić information content (AvgIpc) is 3.19. The Morgan fingerprint density at radius 3 is 2.91 bits per heavy atom. The molecule has 2 N–H and O–H groups in total. The van der Waals surface area contributed by atoms with E-state index in [-0.39, 0.29) is 17.7 Å². The molecule has 5 nitrogen and oxygen atoms in total. The number of dihydropyridines is 1. The molecule has 1 atom stereocenters. The van der Waals surface area contributed by atoms with Gasteiger partial charge in [0.15, 0.2) is 11.5 Å². The van der Waals surface area contributed by atoms with Gasteiger partial charge in [-0.25, -0.2) is 0 Å². The molecule has 1 saturated carbocycles. The van der Waals surface area contributed by atoms with E-state index in [4.69, 9.17) is 9.47 Å². The lowest BCUT2D eigenvalue weighted by Gasteiger charge is -2.21. The summed E-state index contributed by atoms with van der Waals surface area (Å²) in [4.78, 5) is 12.7. The lowest BCUT2D eigenvalue weighted by molar-refractivity contribution is -0.122. The summed E-state index contributed by atoms with van der Waals surface area (Å²) < 4.78 is 10.7. The summed E-state index contributed by atoms with van der Waals surface area (Å²) >= 11 is 3.44. The maximum atomic E-state index is 12.7. The summed E-state index contributed by atoms with van der Waals surface area (Å²) in [6.07, 6.45) is 7.41. The van der Waals surface area contributed by atoms with Gasteiger partial charge < -0.3 is 20.1 Å². The van der Waals surface area contributed by atoms with Crippen LogP contribution in [-0.2, 0) is 10.2 Å². The molecule has 22 heavy (non-hydrogen) atoms. The molecule has 0 spiro atoms. The summed E-state index contributed by atoms with van der Waals surface area (Å²) in [6, 6.07) is 5.75. The van der Waals surface area contributed by atoms with Crippen molar-refractivity contribution in [2.24, 2.45) is 0 Å². The standard InChI is InChI=1S/C16H15BrN2O3/c17-13-2-1-3-14(18-13)19-15(20)16(6-7-16)10-4-5-11-12(8-10)22-9-21-11/h1-5,8,13,18H,6-7,9H2,(H,19,20). The zero-order chi connectivity index (χ0) is 15.2. The van der Waals surface area contributed by atoms with Crippen molar-refractivity contribution in [2.45, 2.75) is 23.2 Å². The van der Waals surface area contributed by atoms with Crippen LogP contribution < -0.4 is 20.1 Å². The highest BCUT2D eigenvalue weighted by atomic mass is 79.9. The van der Waals surface area contributed by atoms with Gasteiger partial charge >= 0.3 is 0 Å². The van der Waals surface area contributed by atoms with E-state index >= 15 is 0 Å². The first-order chi connectivity index (χ1) is 10.7. The number of benzene rings is 1. The van der Waals surface area contributed by atoms with Crippen LogP contribution in [0, 0.1) is 0 Å². The molecule has 1 aromatic rings. The molecule has 0 aromatic heterocycles. The maximum absolute atomic E-state index is 12.7. The van der Waals surface area contributed by atoms with Crippen molar-refractivity contribution in [2.75, 3.05) is 6.79 Å². The Bertz CT molecular complexity index is 695. The van der Waals surface area contributed by atoms with Crippen LogP contribution >= 0.6 is 15.9 Å². The topological polar surface area (TPSA) is 59.6 Å². The summed E-state index contributed by atoms with van der Waals surface area (Å²) in [7, 11) is 0. The van der Waals surface area contributed by atoms with Crippen LogP contribution in [0.15, 0.2) is 42.2 Å². The van der Waals surface area contributed by atoms with E-state index in [9.17, 15) is 4.79 Å². The second kappa shape index (κ2) is 5.05. The third-order valence-electron chi connectivity index (χ3n) is 4.19. The monoisotopic (exact) mass is 362 g/mol. The first kappa shape index (κ1) is 13.7. The Kier molecular flexibility index (Phi) is 3.14. The summed E-state index contributed by atoms with van der Waals surface area (Å²) in [5.74, 6) is 2.18. The van der Waals surface area contributed by atoms with Gasteiger partial charge in [0.05, 0.1) is 5.41 Å². The number of allylic oxidation sites excluding steroid dienone is 2. The van der Waals surface area contributed by atoms with Gasteiger partial charge in [0.2, 0.25) is 12.7 Å². The fourth-order valence-corrected chi connectivity index (χ4v) is 3.20. The molecule has 0 bridgehead atoms. The number of hydrogen-bond acceptors (Lipinski definition) is 4. The van der Waals surface area contributed by atoms with Crippen molar-refractivity contribution >= 4 is 21.8 Å². The van der Waals surface area contributed by atoms with Crippen LogP contribution in [0.4, 0.5) is 0 Å². The number of carbonyl (C=O) groups is 1. The predicted molar refractivity (Wildman–Crippen MR) is 84.7 cm³/mol. The number of ether oxygens (including phenoxy) is 2. The Morgan fingerprint density at radius 2 is 2.14 bits per heavy atom. The van der Waals surface area contributed by atoms with Crippen molar-refractivity contribution in [1.82, 2.24) is 10.6 Å². The molecular weight excluding hydrogens is 348 g/mol. The third kappa shape index (κ3) is 2.27. The first-order valence-corrected chi connectivity index (χ1v) is 8.10. The van der Waals surface area contributed by atoms with Gasteiger partial charge in [-0.05, 0) is 36.6 Å². The highest BCUT2D eigenvalue weighted by Gasteiger charge is 2.51. The van der Waals surface area contributed by atoms with Gasteiger partial charge in [0.1, 0.15) is 10.8 Å². The van der Waals surface area contributed by atoms with Crippen molar-refractivity contribution in [3.8, 4) is 11.5 Å². The van der Waals surface area contributed by atoms with E-state index in [0.717, 1.165) is 29.9 Å². The number of nitrogens with one attached hydrogen (secondary N) is 2. The number of carbonyl (C=O) groups excluding carboxylic acids is 1. The fraction of sp³-hybridized carbons (Fsp3) is 0.312. The Balaban J connectivity index is 1.55. The van der Waals surface area contributed by atoms with Gasteiger partial charge in [-0.2, -0.15) is 0 Å². The van der Waals surface area contributed by atoms with Crippen molar-refractivity contribution in [1.29, 1.82) is 0 Å². The van der Waals surface area contributed by atoms with Crippen molar-refractivity contribution in [3.05, 3.63) is 47.8 Å². The minimum Gasteiger partial charge on any atom is -0.454 e. The molecule has 6 heteroatoms. The largest absolute Gasteiger partial charge is 0.454 e. The van der Waals surface area contributed by atoms with Crippen LogP contribution in [0.3, 0.4) is 0 Å². The average molecular weight is 363 g/mol. The third-order valence-corrected chi connectivity index (χ3v) is 4.73. The molecule has 4 rings (SSSR count). The first-order valence-electron chi connectivity index (χ1n) is 7.18. The minimum atomic E-state index is -0.452. The number of alkyl halides is 1. The van der Waals surface area contributed by atoms with Crippen LogP contribution in [0.25, 0.3) is 0 Å². The Labute approximate surface area is 136 Å². The molecule has 2 aliphatic heterocycles. The quantitative estimate of drug-likeness (QED) is 0.639. The van der Waals surface area contributed by atoms with Gasteiger partial charge in [0.25, 0.3) is 0 Å². The van der Waals surface area contributed by atoms with Crippen LogP contribution in [0.2, 0.25) is 0 Å². The molecule has 0 radical (unpaired) electrons. The normalized spacial score (nSPS) is 23.5. The summed E-state index contributed by atoms with van der Waals surface area (Å²) in [5, 5.41) is 6.13. The maximum Gasteiger partial charge on any atom is 0.236 e. The number of halogens is 1. The van der Waals surface area contributed by atoms with Gasteiger partial charge in [0, 0.05) is 0 Å². The van der Waals surface area contributed by atoms with E-state index < -0.39 is 5.41 Å². The highest BCUT2D eigenvalue weighted by molar-refractivity contribution is 9.09. The lowest BCUT2D eigenvalue weighted by atomic mass is 9.94. The summed E-state index contributed by atoms with van der Waals surface area (Å²) in [5.41, 5.74) is 0.531. The molecule has 1 aromatic carbocycles. The molecule has 3 aliphatic rings. The van der Waals surface area contributed by atoms with E-state index in [2.05, 4.69) is 26.6 Å². The van der Waals surface area contributed by atoms with Crippen molar-refractivity contribution < 1.29 is 14.3 Å². The zero-order valence-corrected chi connectivity index (χ0v) is 13.4. The zero-order valence-electron chi connectivity index (χ0n) is 11.8. The molecular formula is C16H15BrN2O3. The van der Waals surface area contributed by atoms with E-state index in [0.29, 0.717) is 5.82 Å².